The van der Waals surface area contributed by atoms with Gasteiger partial charge in [-0.25, -0.2) is 9.37 Å². The van der Waals surface area contributed by atoms with Gasteiger partial charge in [-0.1, -0.05) is 28.1 Å². The van der Waals surface area contributed by atoms with Crippen molar-refractivity contribution in [3.63, 3.8) is 0 Å². The van der Waals surface area contributed by atoms with Crippen LogP contribution in [0.4, 0.5) is 15.8 Å². The van der Waals surface area contributed by atoms with Crippen LogP contribution in [0.2, 0.25) is 0 Å². The molecule has 0 bridgehead atoms. The number of carbonyl (C=O) groups excluding carboxylic acids is 1. The number of amides is 1. The van der Waals surface area contributed by atoms with Crippen LogP contribution in [0.15, 0.2) is 104 Å². The number of ether oxygens (including phenoxy) is 2. The number of hydrogen-bond acceptors (Lipinski definition) is 9. The minimum atomic E-state index is -0.700. The number of methoxy groups -OCH3 is 1. The van der Waals surface area contributed by atoms with Gasteiger partial charge in [-0.05, 0) is 66.7 Å². The Balaban J connectivity index is 1.36. The Morgan fingerprint density at radius 1 is 1.13 bits per heavy atom. The number of nitro benzene ring substituents is 1. The predicted molar refractivity (Wildman–Crippen MR) is 172 cm³/mol. The maximum Gasteiger partial charge on any atom is 0.315 e. The zero-order chi connectivity index (χ0) is 32.4. The molecule has 2 aromatic heterocycles. The molecule has 6 aromatic rings. The number of benzene rings is 4. The van der Waals surface area contributed by atoms with Gasteiger partial charge in [0.15, 0.2) is 18.1 Å². The van der Waals surface area contributed by atoms with E-state index in [1.807, 2.05) is 12.1 Å². The summed E-state index contributed by atoms with van der Waals surface area (Å²) in [6, 6.07) is 21.6. The Bertz CT molecular complexity index is 2230. The maximum atomic E-state index is 13.6. The summed E-state index contributed by atoms with van der Waals surface area (Å²) in [5.41, 5.74) is 0.494. The van der Waals surface area contributed by atoms with Gasteiger partial charge in [-0.3, -0.25) is 19.7 Å². The fourth-order valence-corrected chi connectivity index (χ4v) is 5.00. The molecule has 0 saturated heterocycles. The number of aromatic nitrogens is 2. The zero-order valence-electron chi connectivity index (χ0n) is 23.8. The van der Waals surface area contributed by atoms with Crippen LogP contribution < -0.4 is 20.3 Å². The molecule has 1 amide bonds. The third kappa shape index (κ3) is 6.19. The number of halogens is 2. The molecular formula is C32H21BrFN5O7. The summed E-state index contributed by atoms with van der Waals surface area (Å²) < 4.78 is 31.9. The summed E-state index contributed by atoms with van der Waals surface area (Å²) in [4.78, 5) is 42.0. The predicted octanol–water partition coefficient (Wildman–Crippen LogP) is 6.53. The number of para-hydroxylation sites is 1. The van der Waals surface area contributed by atoms with E-state index in [0.29, 0.717) is 22.2 Å². The average molecular weight is 686 g/mol. The van der Waals surface area contributed by atoms with Crippen molar-refractivity contribution in [3.05, 3.63) is 121 Å². The Labute approximate surface area is 267 Å². The summed E-state index contributed by atoms with van der Waals surface area (Å²) in [5.74, 6) is -1.07. The third-order valence-electron chi connectivity index (χ3n) is 6.72. The number of nitro groups is 1. The second-order valence-corrected chi connectivity index (χ2v) is 10.7. The van der Waals surface area contributed by atoms with Crippen LogP contribution in [0.5, 0.6) is 11.5 Å². The Morgan fingerprint density at radius 2 is 1.91 bits per heavy atom. The van der Waals surface area contributed by atoms with E-state index in [1.165, 1.54) is 43.7 Å². The highest BCUT2D eigenvalue weighted by molar-refractivity contribution is 9.10. The normalized spacial score (nSPS) is 11.3. The average Bonchev–Trinajstić information content (AvgIpc) is 3.47. The fraction of sp³-hybridized carbons (Fsp3) is 0.0625. The molecule has 0 aliphatic rings. The molecule has 1 N–H and O–H groups in total. The first-order valence-corrected chi connectivity index (χ1v) is 14.3. The summed E-state index contributed by atoms with van der Waals surface area (Å²) >= 11 is 3.44. The molecule has 0 fully saturated rings. The van der Waals surface area contributed by atoms with Crippen molar-refractivity contribution < 1.29 is 28.0 Å². The van der Waals surface area contributed by atoms with Gasteiger partial charge in [-0.2, -0.15) is 9.78 Å². The number of carbonyl (C=O) groups is 1. The van der Waals surface area contributed by atoms with Crippen LogP contribution in [-0.2, 0) is 4.79 Å². The SMILES string of the molecule is COc1cc(C=Nn2c(-c3cc4cc(Br)ccc4o3)nc3ccccc3c2=O)cc([N+](=O)[O-])c1OCC(=O)Nc1ccc(F)cc1. The van der Waals surface area contributed by atoms with Gasteiger partial charge < -0.3 is 19.2 Å². The van der Waals surface area contributed by atoms with Gasteiger partial charge in [0.2, 0.25) is 11.6 Å². The van der Waals surface area contributed by atoms with Crippen molar-refractivity contribution in [2.75, 3.05) is 19.0 Å². The zero-order valence-corrected chi connectivity index (χ0v) is 25.4. The Kier molecular flexibility index (Phi) is 8.27. The maximum absolute atomic E-state index is 13.6. The Morgan fingerprint density at radius 3 is 2.67 bits per heavy atom. The van der Waals surface area contributed by atoms with Gasteiger partial charge in [0, 0.05) is 27.2 Å². The van der Waals surface area contributed by atoms with Crippen molar-refractivity contribution in [2.24, 2.45) is 5.10 Å². The van der Waals surface area contributed by atoms with Crippen LogP contribution in [0.1, 0.15) is 5.56 Å². The molecule has 46 heavy (non-hydrogen) atoms. The first kappa shape index (κ1) is 30.1. The number of nitrogens with one attached hydrogen (secondary N) is 1. The molecule has 230 valence electrons. The quantitative estimate of drug-likeness (QED) is 0.103. The molecule has 6 rings (SSSR count). The minimum absolute atomic E-state index is 0.0581. The molecule has 0 radical (unpaired) electrons. The summed E-state index contributed by atoms with van der Waals surface area (Å²) in [7, 11) is 1.28. The first-order chi connectivity index (χ1) is 22.2. The summed E-state index contributed by atoms with van der Waals surface area (Å²) in [6.07, 6.45) is 1.24. The number of fused-ring (bicyclic) bond motifs is 2. The van der Waals surface area contributed by atoms with Gasteiger partial charge in [0.05, 0.1) is 29.2 Å². The highest BCUT2D eigenvalue weighted by Crippen LogP contribution is 2.38. The van der Waals surface area contributed by atoms with E-state index in [9.17, 15) is 24.1 Å². The van der Waals surface area contributed by atoms with Gasteiger partial charge in [0.1, 0.15) is 11.4 Å². The summed E-state index contributed by atoms with van der Waals surface area (Å²) in [5, 5.41) is 20.0. The van der Waals surface area contributed by atoms with Crippen molar-refractivity contribution in [2.45, 2.75) is 0 Å². The van der Waals surface area contributed by atoms with Gasteiger partial charge in [0.25, 0.3) is 11.5 Å². The first-order valence-electron chi connectivity index (χ1n) is 13.5. The lowest BCUT2D eigenvalue weighted by molar-refractivity contribution is -0.385. The van der Waals surface area contributed by atoms with Crippen LogP contribution in [-0.4, -0.2) is 40.4 Å². The lowest BCUT2D eigenvalue weighted by Gasteiger charge is -2.12. The van der Waals surface area contributed by atoms with E-state index < -0.39 is 34.5 Å². The Hall–Kier alpha value is -5.89. The molecular weight excluding hydrogens is 665 g/mol. The van der Waals surface area contributed by atoms with E-state index in [1.54, 1.807) is 36.4 Å². The largest absolute Gasteiger partial charge is 0.493 e. The van der Waals surface area contributed by atoms with E-state index >= 15 is 0 Å². The monoisotopic (exact) mass is 685 g/mol. The molecule has 0 atom stereocenters. The van der Waals surface area contributed by atoms with E-state index in [4.69, 9.17) is 13.9 Å². The third-order valence-corrected chi connectivity index (χ3v) is 7.22. The molecule has 4 aromatic carbocycles. The topological polar surface area (TPSA) is 151 Å². The molecule has 0 unspecified atom stereocenters. The standard InChI is InChI=1S/C32H21BrFN5O7/c1-44-27-13-18(12-25(39(42)43)30(27)45-17-29(40)36-22-9-7-21(34)8-10-22)16-35-38-31(37-24-5-3-2-4-23(24)32(38)41)28-15-19-14-20(33)6-11-26(19)46-28/h2-16H,17H2,1H3,(H,36,40). The number of hydrogen-bond donors (Lipinski definition) is 1. The lowest BCUT2D eigenvalue weighted by atomic mass is 10.2. The van der Waals surface area contributed by atoms with Crippen molar-refractivity contribution >= 4 is 61.3 Å². The van der Waals surface area contributed by atoms with Crippen LogP contribution in [0, 0.1) is 15.9 Å². The summed E-state index contributed by atoms with van der Waals surface area (Å²) in [6.45, 7) is -0.600. The molecule has 12 nitrogen and oxygen atoms in total. The van der Waals surface area contributed by atoms with Gasteiger partial charge >= 0.3 is 5.69 Å². The minimum Gasteiger partial charge on any atom is -0.493 e. The number of anilines is 1. The second-order valence-electron chi connectivity index (χ2n) is 9.78. The van der Waals surface area contributed by atoms with E-state index in [-0.39, 0.29) is 28.6 Å². The molecule has 2 heterocycles. The molecule has 0 aliphatic heterocycles. The van der Waals surface area contributed by atoms with Crippen molar-refractivity contribution in [1.29, 1.82) is 0 Å². The molecule has 0 spiro atoms. The highest BCUT2D eigenvalue weighted by Gasteiger charge is 2.24. The van der Waals surface area contributed by atoms with Crippen LogP contribution in [0.25, 0.3) is 33.5 Å². The highest BCUT2D eigenvalue weighted by atomic mass is 79.9. The van der Waals surface area contributed by atoms with Crippen LogP contribution >= 0.6 is 15.9 Å². The smallest absolute Gasteiger partial charge is 0.315 e. The molecule has 0 aliphatic carbocycles. The fourth-order valence-electron chi connectivity index (χ4n) is 4.62. The van der Waals surface area contributed by atoms with E-state index in [2.05, 4.69) is 31.3 Å². The molecule has 0 saturated carbocycles. The molecule has 14 heteroatoms. The van der Waals surface area contributed by atoms with Gasteiger partial charge in [-0.15, -0.1) is 0 Å². The van der Waals surface area contributed by atoms with Crippen LogP contribution in [0.3, 0.4) is 0 Å². The lowest BCUT2D eigenvalue weighted by Crippen LogP contribution is -2.21. The van der Waals surface area contributed by atoms with Crippen molar-refractivity contribution in [1.82, 2.24) is 9.66 Å². The van der Waals surface area contributed by atoms with Crippen molar-refractivity contribution in [3.8, 4) is 23.1 Å². The number of rotatable bonds is 9. The van der Waals surface area contributed by atoms with E-state index in [0.717, 1.165) is 20.6 Å². The second kappa shape index (κ2) is 12.6. The number of furan rings is 1. The number of nitrogens with zero attached hydrogens (tertiary/aromatic N) is 4.